The van der Waals surface area contributed by atoms with Crippen LogP contribution in [-0.4, -0.2) is 75.4 Å². The Labute approximate surface area is 119 Å². The van der Waals surface area contributed by atoms with Crippen LogP contribution < -0.4 is 5.32 Å². The molecule has 114 valence electrons. The van der Waals surface area contributed by atoms with E-state index in [0.717, 1.165) is 26.3 Å². The van der Waals surface area contributed by atoms with E-state index in [1.165, 1.54) is 58.5 Å². The predicted molar refractivity (Wildman–Crippen MR) is 81.8 cm³/mol. The maximum absolute atomic E-state index is 5.52. The van der Waals surface area contributed by atoms with Crippen molar-refractivity contribution in [1.29, 1.82) is 0 Å². The molecule has 1 saturated heterocycles. The van der Waals surface area contributed by atoms with Gasteiger partial charge in [0, 0.05) is 52.4 Å². The van der Waals surface area contributed by atoms with Crippen molar-refractivity contribution in [2.24, 2.45) is 0 Å². The number of piperazine rings is 1. The zero-order chi connectivity index (χ0) is 13.8. The van der Waals surface area contributed by atoms with Gasteiger partial charge in [-0.15, -0.1) is 0 Å². The molecule has 0 aromatic heterocycles. The summed E-state index contributed by atoms with van der Waals surface area (Å²) < 4.78 is 5.52. The second kappa shape index (κ2) is 11.6. The molecule has 4 heteroatoms. The first-order valence-electron chi connectivity index (χ1n) is 8.10. The Morgan fingerprint density at radius 1 is 0.842 bits per heavy atom. The van der Waals surface area contributed by atoms with Gasteiger partial charge < -0.3 is 15.0 Å². The maximum atomic E-state index is 5.52. The highest BCUT2D eigenvalue weighted by atomic mass is 16.5. The number of nitrogens with zero attached hydrogens (tertiary/aromatic N) is 2. The normalized spacial score (nSPS) is 18.0. The molecule has 1 fully saturated rings. The van der Waals surface area contributed by atoms with Crippen LogP contribution in [-0.2, 0) is 4.74 Å². The minimum absolute atomic E-state index is 0.851. The van der Waals surface area contributed by atoms with E-state index in [1.54, 1.807) is 0 Å². The maximum Gasteiger partial charge on any atom is 0.0590 e. The first-order valence-corrected chi connectivity index (χ1v) is 8.10. The molecule has 1 N–H and O–H groups in total. The predicted octanol–water partition coefficient (Wildman–Crippen LogP) is 1.42. The molecule has 0 unspecified atom stereocenters. The fourth-order valence-corrected chi connectivity index (χ4v) is 2.41. The smallest absolute Gasteiger partial charge is 0.0590 e. The summed E-state index contributed by atoms with van der Waals surface area (Å²) in [5.41, 5.74) is 0. The minimum atomic E-state index is 0.851. The number of hydrogen-bond donors (Lipinski definition) is 1. The summed E-state index contributed by atoms with van der Waals surface area (Å²) in [6.07, 6.45) is 3.68. The fourth-order valence-electron chi connectivity index (χ4n) is 2.41. The standard InChI is InChI=1S/C15H33N3O/c1-3-5-14-19-15-7-16-6-9-18-12-10-17(8-4-2)11-13-18/h16H,3-15H2,1-2H3. The summed E-state index contributed by atoms with van der Waals surface area (Å²) in [7, 11) is 0. The van der Waals surface area contributed by atoms with Gasteiger partial charge in [-0.1, -0.05) is 20.3 Å². The number of rotatable bonds is 11. The first-order chi connectivity index (χ1) is 9.36. The van der Waals surface area contributed by atoms with Gasteiger partial charge in [0.15, 0.2) is 0 Å². The third-order valence-electron chi connectivity index (χ3n) is 3.67. The highest BCUT2D eigenvalue weighted by molar-refractivity contribution is 4.71. The lowest BCUT2D eigenvalue weighted by molar-refractivity contribution is 0.124. The fraction of sp³-hybridized carbons (Fsp3) is 1.00. The third kappa shape index (κ3) is 8.58. The molecular weight excluding hydrogens is 238 g/mol. The summed E-state index contributed by atoms with van der Waals surface area (Å²) in [5, 5.41) is 3.47. The quantitative estimate of drug-likeness (QED) is 0.575. The average Bonchev–Trinajstić information content (AvgIpc) is 2.44. The molecule has 1 aliphatic heterocycles. The molecule has 1 aliphatic rings. The molecule has 0 aromatic carbocycles. The van der Waals surface area contributed by atoms with E-state index in [4.69, 9.17) is 4.74 Å². The largest absolute Gasteiger partial charge is 0.380 e. The van der Waals surface area contributed by atoms with E-state index in [2.05, 4.69) is 29.0 Å². The molecule has 0 saturated carbocycles. The van der Waals surface area contributed by atoms with Gasteiger partial charge in [-0.3, -0.25) is 4.90 Å². The summed E-state index contributed by atoms with van der Waals surface area (Å²) >= 11 is 0. The van der Waals surface area contributed by atoms with Crippen LogP contribution in [0, 0.1) is 0 Å². The van der Waals surface area contributed by atoms with E-state index >= 15 is 0 Å². The van der Waals surface area contributed by atoms with Crippen LogP contribution in [0.2, 0.25) is 0 Å². The Kier molecular flexibility index (Phi) is 10.4. The highest BCUT2D eigenvalue weighted by Crippen LogP contribution is 2.01. The number of nitrogens with one attached hydrogen (secondary N) is 1. The Hall–Kier alpha value is -0.160. The van der Waals surface area contributed by atoms with Gasteiger partial charge in [-0.25, -0.2) is 0 Å². The Balaban J connectivity index is 1.85. The van der Waals surface area contributed by atoms with E-state index < -0.39 is 0 Å². The first kappa shape index (κ1) is 16.9. The zero-order valence-corrected chi connectivity index (χ0v) is 13.0. The Morgan fingerprint density at radius 3 is 2.16 bits per heavy atom. The van der Waals surface area contributed by atoms with Gasteiger partial charge in [-0.05, 0) is 19.4 Å². The van der Waals surface area contributed by atoms with Gasteiger partial charge in [0.2, 0.25) is 0 Å². The van der Waals surface area contributed by atoms with Crippen molar-refractivity contribution in [2.45, 2.75) is 33.1 Å². The van der Waals surface area contributed by atoms with E-state index in [0.29, 0.717) is 0 Å². The molecule has 0 bridgehead atoms. The molecular formula is C15H33N3O. The SMILES string of the molecule is CCCCOCCNCCN1CCN(CCC)CC1. The average molecular weight is 271 g/mol. The van der Waals surface area contributed by atoms with Crippen LogP contribution in [0.1, 0.15) is 33.1 Å². The monoisotopic (exact) mass is 271 g/mol. The molecule has 1 rings (SSSR count). The van der Waals surface area contributed by atoms with E-state index in [9.17, 15) is 0 Å². The molecule has 0 atom stereocenters. The lowest BCUT2D eigenvalue weighted by Gasteiger charge is -2.34. The van der Waals surface area contributed by atoms with Gasteiger partial charge in [0.1, 0.15) is 0 Å². The van der Waals surface area contributed by atoms with Crippen LogP contribution in [0.5, 0.6) is 0 Å². The van der Waals surface area contributed by atoms with Crippen molar-refractivity contribution in [1.82, 2.24) is 15.1 Å². The molecule has 0 aromatic rings. The van der Waals surface area contributed by atoms with Gasteiger partial charge >= 0.3 is 0 Å². The Morgan fingerprint density at radius 2 is 1.53 bits per heavy atom. The molecule has 4 nitrogen and oxygen atoms in total. The van der Waals surface area contributed by atoms with Crippen LogP contribution in [0.25, 0.3) is 0 Å². The zero-order valence-electron chi connectivity index (χ0n) is 13.0. The molecule has 1 heterocycles. The lowest BCUT2D eigenvalue weighted by Crippen LogP contribution is -2.48. The molecule has 0 radical (unpaired) electrons. The molecule has 19 heavy (non-hydrogen) atoms. The van der Waals surface area contributed by atoms with Gasteiger partial charge in [0.05, 0.1) is 6.61 Å². The highest BCUT2D eigenvalue weighted by Gasteiger charge is 2.14. The second-order valence-electron chi connectivity index (χ2n) is 5.40. The van der Waals surface area contributed by atoms with Crippen molar-refractivity contribution in [3.8, 4) is 0 Å². The van der Waals surface area contributed by atoms with Crippen molar-refractivity contribution in [2.75, 3.05) is 65.6 Å². The second-order valence-corrected chi connectivity index (χ2v) is 5.40. The minimum Gasteiger partial charge on any atom is -0.380 e. The summed E-state index contributed by atoms with van der Waals surface area (Å²) in [5.74, 6) is 0. The Bertz CT molecular complexity index is 194. The van der Waals surface area contributed by atoms with Crippen LogP contribution in [0.4, 0.5) is 0 Å². The van der Waals surface area contributed by atoms with E-state index in [-0.39, 0.29) is 0 Å². The van der Waals surface area contributed by atoms with Gasteiger partial charge in [0.25, 0.3) is 0 Å². The summed E-state index contributed by atoms with van der Waals surface area (Å²) in [6, 6.07) is 0. The van der Waals surface area contributed by atoms with Crippen molar-refractivity contribution >= 4 is 0 Å². The topological polar surface area (TPSA) is 27.7 Å². The van der Waals surface area contributed by atoms with Crippen LogP contribution in [0.15, 0.2) is 0 Å². The number of ether oxygens (including phenoxy) is 1. The molecule has 0 spiro atoms. The number of hydrogen-bond acceptors (Lipinski definition) is 4. The van der Waals surface area contributed by atoms with Crippen molar-refractivity contribution in [3.05, 3.63) is 0 Å². The summed E-state index contributed by atoms with van der Waals surface area (Å²) in [6.45, 7) is 15.7. The summed E-state index contributed by atoms with van der Waals surface area (Å²) in [4.78, 5) is 5.14. The number of unbranched alkanes of at least 4 members (excludes halogenated alkanes) is 1. The van der Waals surface area contributed by atoms with Crippen LogP contribution >= 0.6 is 0 Å². The third-order valence-corrected chi connectivity index (χ3v) is 3.67. The lowest BCUT2D eigenvalue weighted by atomic mass is 10.3. The van der Waals surface area contributed by atoms with Crippen molar-refractivity contribution < 1.29 is 4.74 Å². The van der Waals surface area contributed by atoms with Gasteiger partial charge in [-0.2, -0.15) is 0 Å². The molecule has 0 amide bonds. The molecule has 0 aliphatic carbocycles. The van der Waals surface area contributed by atoms with E-state index in [1.807, 2.05) is 0 Å². The van der Waals surface area contributed by atoms with Crippen molar-refractivity contribution in [3.63, 3.8) is 0 Å². The van der Waals surface area contributed by atoms with Crippen LogP contribution in [0.3, 0.4) is 0 Å².